The van der Waals surface area contributed by atoms with Gasteiger partial charge in [0, 0.05) is 15.7 Å². The molecule has 0 aliphatic carbocycles. The zero-order valence-electron chi connectivity index (χ0n) is 13.3. The fourth-order valence-corrected chi connectivity index (χ4v) is 3.62. The molecule has 3 aromatic carbocycles. The van der Waals surface area contributed by atoms with Crippen molar-refractivity contribution < 1.29 is 4.74 Å². The second-order valence-corrected chi connectivity index (χ2v) is 7.08. The second kappa shape index (κ2) is 5.57. The van der Waals surface area contributed by atoms with Crippen molar-refractivity contribution in [2.75, 3.05) is 11.6 Å². The van der Waals surface area contributed by atoms with E-state index in [4.69, 9.17) is 4.74 Å². The molecule has 0 saturated carbocycles. The van der Waals surface area contributed by atoms with E-state index in [0.29, 0.717) is 6.73 Å². The molecular formula is C20H18BrNO. The summed E-state index contributed by atoms with van der Waals surface area (Å²) in [4.78, 5) is 2.31. The summed E-state index contributed by atoms with van der Waals surface area (Å²) in [5, 5.41) is 2.50. The van der Waals surface area contributed by atoms with Crippen molar-refractivity contribution in [2.45, 2.75) is 20.4 Å². The van der Waals surface area contributed by atoms with Crippen LogP contribution in [-0.4, -0.2) is 6.73 Å². The minimum atomic E-state index is 0.597. The monoisotopic (exact) mass is 367 g/mol. The second-order valence-electron chi connectivity index (χ2n) is 6.17. The Labute approximate surface area is 144 Å². The van der Waals surface area contributed by atoms with Crippen LogP contribution in [0.25, 0.3) is 10.8 Å². The lowest BCUT2D eigenvalue weighted by Gasteiger charge is -2.32. The molecule has 0 radical (unpaired) electrons. The van der Waals surface area contributed by atoms with Crippen molar-refractivity contribution in [1.82, 2.24) is 0 Å². The van der Waals surface area contributed by atoms with Crippen molar-refractivity contribution in [3.8, 4) is 5.75 Å². The molecule has 0 unspecified atom stereocenters. The van der Waals surface area contributed by atoms with Crippen LogP contribution in [0.2, 0.25) is 0 Å². The molecule has 0 atom stereocenters. The van der Waals surface area contributed by atoms with Gasteiger partial charge in [0.1, 0.15) is 5.75 Å². The van der Waals surface area contributed by atoms with Crippen molar-refractivity contribution >= 4 is 32.4 Å². The Bertz CT molecular complexity index is 904. The summed E-state index contributed by atoms with van der Waals surface area (Å²) in [6, 6.07) is 17.2. The topological polar surface area (TPSA) is 12.5 Å². The number of hydrogen-bond acceptors (Lipinski definition) is 2. The summed E-state index contributed by atoms with van der Waals surface area (Å²) in [5.74, 6) is 1.00. The number of benzene rings is 3. The molecule has 1 aliphatic heterocycles. The van der Waals surface area contributed by atoms with Crippen LogP contribution < -0.4 is 9.64 Å². The Balaban J connectivity index is 1.80. The molecule has 1 aliphatic rings. The SMILES string of the molecule is Cc1ccc(C)c(N2COc3ccc4cc(Br)ccc4c3C2)c1. The molecule has 0 spiro atoms. The first kappa shape index (κ1) is 14.6. The van der Waals surface area contributed by atoms with Crippen molar-refractivity contribution in [1.29, 1.82) is 0 Å². The fourth-order valence-electron chi connectivity index (χ4n) is 3.24. The maximum atomic E-state index is 6.04. The van der Waals surface area contributed by atoms with E-state index in [9.17, 15) is 0 Å². The smallest absolute Gasteiger partial charge is 0.161 e. The maximum Gasteiger partial charge on any atom is 0.161 e. The van der Waals surface area contributed by atoms with E-state index >= 15 is 0 Å². The zero-order valence-corrected chi connectivity index (χ0v) is 14.9. The van der Waals surface area contributed by atoms with Gasteiger partial charge in [-0.3, -0.25) is 0 Å². The lowest BCUT2D eigenvalue weighted by molar-refractivity contribution is 0.290. The summed E-state index contributed by atoms with van der Waals surface area (Å²) in [7, 11) is 0. The van der Waals surface area contributed by atoms with Crippen LogP contribution in [0.4, 0.5) is 5.69 Å². The Morgan fingerprint density at radius 1 is 1.00 bits per heavy atom. The third kappa shape index (κ3) is 2.59. The highest BCUT2D eigenvalue weighted by Gasteiger charge is 2.21. The number of hydrogen-bond donors (Lipinski definition) is 0. The molecule has 2 nitrogen and oxygen atoms in total. The average Bonchev–Trinajstić information content (AvgIpc) is 2.56. The van der Waals surface area contributed by atoms with Crippen LogP contribution in [0, 0.1) is 13.8 Å². The van der Waals surface area contributed by atoms with E-state index < -0.39 is 0 Å². The van der Waals surface area contributed by atoms with Gasteiger partial charge in [0.2, 0.25) is 0 Å². The summed E-state index contributed by atoms with van der Waals surface area (Å²) < 4.78 is 7.14. The number of nitrogens with zero attached hydrogens (tertiary/aromatic N) is 1. The number of fused-ring (bicyclic) bond motifs is 3. The van der Waals surface area contributed by atoms with E-state index in [0.717, 1.165) is 16.8 Å². The molecule has 0 fully saturated rings. The molecule has 3 aromatic rings. The van der Waals surface area contributed by atoms with Crippen LogP contribution in [0.15, 0.2) is 53.0 Å². The number of aryl methyl sites for hydroxylation is 2. The highest BCUT2D eigenvalue weighted by molar-refractivity contribution is 9.10. The lowest BCUT2D eigenvalue weighted by atomic mass is 10.0. The van der Waals surface area contributed by atoms with Gasteiger partial charge in [-0.1, -0.05) is 40.2 Å². The molecule has 0 saturated heterocycles. The molecule has 0 aromatic heterocycles. The minimum Gasteiger partial charge on any atom is -0.473 e. The van der Waals surface area contributed by atoms with E-state index in [-0.39, 0.29) is 0 Å². The van der Waals surface area contributed by atoms with Crippen LogP contribution in [-0.2, 0) is 6.54 Å². The summed E-state index contributed by atoms with van der Waals surface area (Å²) >= 11 is 3.55. The summed E-state index contributed by atoms with van der Waals surface area (Å²) in [5.41, 5.74) is 5.08. The van der Waals surface area contributed by atoms with Gasteiger partial charge >= 0.3 is 0 Å². The molecule has 4 rings (SSSR count). The van der Waals surface area contributed by atoms with E-state index in [2.05, 4.69) is 83.2 Å². The van der Waals surface area contributed by atoms with Crippen molar-refractivity contribution in [3.63, 3.8) is 0 Å². The summed E-state index contributed by atoms with van der Waals surface area (Å²) in [6.45, 7) is 5.76. The highest BCUT2D eigenvalue weighted by atomic mass is 79.9. The molecule has 23 heavy (non-hydrogen) atoms. The largest absolute Gasteiger partial charge is 0.473 e. The van der Waals surface area contributed by atoms with Gasteiger partial charge in [-0.2, -0.15) is 0 Å². The quantitative estimate of drug-likeness (QED) is 0.556. The molecule has 0 amide bonds. The zero-order chi connectivity index (χ0) is 16.0. The van der Waals surface area contributed by atoms with Gasteiger partial charge in [-0.05, 0) is 60.0 Å². The van der Waals surface area contributed by atoms with Gasteiger partial charge in [0.05, 0.1) is 6.54 Å². The summed E-state index contributed by atoms with van der Waals surface area (Å²) in [6.07, 6.45) is 0. The normalized spacial score (nSPS) is 13.8. The Morgan fingerprint density at radius 2 is 1.87 bits per heavy atom. The molecule has 3 heteroatoms. The standard InChI is InChI=1S/C20H18BrNO/c1-13-3-4-14(2)19(9-13)22-11-18-17-7-6-16(21)10-15(17)5-8-20(18)23-12-22/h3-10H,11-12H2,1-2H3. The average molecular weight is 368 g/mol. The van der Waals surface area contributed by atoms with Crippen molar-refractivity contribution in [3.05, 3.63) is 69.7 Å². The Morgan fingerprint density at radius 3 is 2.74 bits per heavy atom. The predicted octanol–water partition coefficient (Wildman–Crippen LogP) is 5.58. The molecule has 0 bridgehead atoms. The number of ether oxygens (including phenoxy) is 1. The van der Waals surface area contributed by atoms with Gasteiger partial charge in [0.15, 0.2) is 6.73 Å². The van der Waals surface area contributed by atoms with Crippen molar-refractivity contribution in [2.24, 2.45) is 0 Å². The van der Waals surface area contributed by atoms with Gasteiger partial charge < -0.3 is 9.64 Å². The third-order valence-electron chi connectivity index (χ3n) is 4.48. The maximum absolute atomic E-state index is 6.04. The molecule has 116 valence electrons. The molecule has 1 heterocycles. The first-order valence-electron chi connectivity index (χ1n) is 7.78. The van der Waals surface area contributed by atoms with Gasteiger partial charge in [-0.15, -0.1) is 0 Å². The lowest BCUT2D eigenvalue weighted by Crippen LogP contribution is -2.32. The number of rotatable bonds is 1. The molecular weight excluding hydrogens is 350 g/mol. The van der Waals surface area contributed by atoms with Crippen LogP contribution in [0.3, 0.4) is 0 Å². The first-order valence-corrected chi connectivity index (χ1v) is 8.57. The van der Waals surface area contributed by atoms with E-state index in [1.165, 1.54) is 33.2 Å². The van der Waals surface area contributed by atoms with Crippen LogP contribution in [0.5, 0.6) is 5.75 Å². The number of anilines is 1. The molecule has 0 N–H and O–H groups in total. The van der Waals surface area contributed by atoms with Crippen LogP contribution >= 0.6 is 15.9 Å². The predicted molar refractivity (Wildman–Crippen MR) is 99.2 cm³/mol. The highest BCUT2D eigenvalue weighted by Crippen LogP contribution is 2.35. The fraction of sp³-hybridized carbons (Fsp3) is 0.200. The Hall–Kier alpha value is -2.00. The van der Waals surface area contributed by atoms with E-state index in [1.807, 2.05) is 0 Å². The minimum absolute atomic E-state index is 0.597. The van der Waals surface area contributed by atoms with Crippen LogP contribution in [0.1, 0.15) is 16.7 Å². The first-order chi connectivity index (χ1) is 11.1. The van der Waals surface area contributed by atoms with Gasteiger partial charge in [0.25, 0.3) is 0 Å². The van der Waals surface area contributed by atoms with Gasteiger partial charge in [-0.25, -0.2) is 0 Å². The van der Waals surface area contributed by atoms with E-state index in [1.54, 1.807) is 0 Å². The Kier molecular flexibility index (Phi) is 3.53. The third-order valence-corrected chi connectivity index (χ3v) is 4.97. The number of halogens is 1.